The maximum Gasteiger partial charge on any atom is 0.263 e. The Kier molecular flexibility index (Phi) is 4.66. The van der Waals surface area contributed by atoms with E-state index in [0.717, 1.165) is 35.0 Å². The quantitative estimate of drug-likeness (QED) is 0.377. The van der Waals surface area contributed by atoms with Crippen LogP contribution < -0.4 is 5.56 Å². The monoisotopic (exact) mass is 379 g/mol. The lowest BCUT2D eigenvalue weighted by molar-refractivity contribution is 0.672. The van der Waals surface area contributed by atoms with E-state index in [1.54, 1.807) is 22.0 Å². The first-order chi connectivity index (χ1) is 12.7. The number of fused-ring (bicyclic) bond motifs is 3. The predicted octanol–water partition coefficient (Wildman–Crippen LogP) is 4.30. The molecule has 26 heavy (non-hydrogen) atoms. The average molecular weight is 380 g/mol. The van der Waals surface area contributed by atoms with Crippen LogP contribution >= 0.6 is 23.1 Å². The molecule has 3 aromatic rings. The molecule has 0 bridgehead atoms. The largest absolute Gasteiger partial charge is 0.283 e. The van der Waals surface area contributed by atoms with Crippen LogP contribution in [0.5, 0.6) is 0 Å². The number of aryl methyl sites for hydroxylation is 2. The van der Waals surface area contributed by atoms with E-state index in [1.807, 2.05) is 24.3 Å². The van der Waals surface area contributed by atoms with Gasteiger partial charge in [-0.15, -0.1) is 17.9 Å². The first-order valence-corrected chi connectivity index (χ1v) is 10.3. The van der Waals surface area contributed by atoms with Crippen molar-refractivity contribution in [2.75, 3.05) is 0 Å². The summed E-state index contributed by atoms with van der Waals surface area (Å²) in [5, 5.41) is 10.8. The lowest BCUT2D eigenvalue weighted by atomic mass is 10.1. The zero-order valence-electron chi connectivity index (χ0n) is 14.2. The zero-order chi connectivity index (χ0) is 18.1. The highest BCUT2D eigenvalue weighted by molar-refractivity contribution is 7.98. The molecule has 4 nitrogen and oxygen atoms in total. The highest BCUT2D eigenvalue weighted by Crippen LogP contribution is 2.36. The third-order valence-corrected chi connectivity index (χ3v) is 6.81. The Bertz CT molecular complexity index is 1100. The number of rotatable bonds is 5. The molecule has 4 rings (SSSR count). The zero-order valence-corrected chi connectivity index (χ0v) is 15.8. The molecule has 2 heterocycles. The first-order valence-electron chi connectivity index (χ1n) is 8.49. The van der Waals surface area contributed by atoms with Crippen LogP contribution in [0.4, 0.5) is 0 Å². The average Bonchev–Trinajstić information content (AvgIpc) is 3.23. The van der Waals surface area contributed by atoms with Gasteiger partial charge in [-0.05, 0) is 36.5 Å². The second-order valence-corrected chi connectivity index (χ2v) is 8.22. The number of thiophene rings is 1. The Hall–Kier alpha value is -2.36. The summed E-state index contributed by atoms with van der Waals surface area (Å²) in [6.45, 7) is 4.23. The lowest BCUT2D eigenvalue weighted by Crippen LogP contribution is -2.22. The van der Waals surface area contributed by atoms with Gasteiger partial charge < -0.3 is 0 Å². The molecule has 0 amide bonds. The molecule has 0 radical (unpaired) electrons. The van der Waals surface area contributed by atoms with Crippen molar-refractivity contribution in [1.82, 2.24) is 9.55 Å². The van der Waals surface area contributed by atoms with E-state index < -0.39 is 0 Å². The smallest absolute Gasteiger partial charge is 0.263 e. The summed E-state index contributed by atoms with van der Waals surface area (Å²) >= 11 is 3.15. The summed E-state index contributed by atoms with van der Waals surface area (Å²) in [5.74, 6) is 0.601. The fourth-order valence-electron chi connectivity index (χ4n) is 3.36. The standard InChI is InChI=1S/C20H17N3OS2/c1-2-10-23-19(24)17-15-8-5-9-16(15)26-18(17)22-20(23)25-12-14-7-4-3-6-13(14)11-21/h2-4,6-7H,1,5,8-10,12H2. The van der Waals surface area contributed by atoms with Crippen LogP contribution in [0.3, 0.4) is 0 Å². The summed E-state index contributed by atoms with van der Waals surface area (Å²) in [6, 6.07) is 9.76. The van der Waals surface area contributed by atoms with Crippen molar-refractivity contribution in [1.29, 1.82) is 5.26 Å². The Morgan fingerprint density at radius 1 is 1.38 bits per heavy atom. The van der Waals surface area contributed by atoms with Crippen molar-refractivity contribution in [3.05, 3.63) is 68.8 Å². The number of allylic oxidation sites excluding steroid dienone is 1. The number of hydrogen-bond donors (Lipinski definition) is 0. The molecule has 1 aromatic carbocycles. The topological polar surface area (TPSA) is 58.7 Å². The van der Waals surface area contributed by atoms with Gasteiger partial charge in [0.05, 0.1) is 17.0 Å². The number of benzene rings is 1. The van der Waals surface area contributed by atoms with Gasteiger partial charge in [0, 0.05) is 17.2 Å². The van der Waals surface area contributed by atoms with Crippen LogP contribution in [0, 0.1) is 11.3 Å². The molecule has 2 aromatic heterocycles. The van der Waals surface area contributed by atoms with Gasteiger partial charge in [0.1, 0.15) is 4.83 Å². The van der Waals surface area contributed by atoms with Crippen LogP contribution in [0.25, 0.3) is 10.2 Å². The van der Waals surface area contributed by atoms with E-state index in [1.165, 1.54) is 22.2 Å². The van der Waals surface area contributed by atoms with Crippen molar-refractivity contribution in [2.24, 2.45) is 0 Å². The second-order valence-electron chi connectivity index (χ2n) is 6.19. The summed E-state index contributed by atoms with van der Waals surface area (Å²) < 4.78 is 1.71. The van der Waals surface area contributed by atoms with Gasteiger partial charge in [0.15, 0.2) is 5.16 Å². The third kappa shape index (κ3) is 2.87. The predicted molar refractivity (Wildman–Crippen MR) is 107 cm³/mol. The molecule has 0 saturated heterocycles. The SMILES string of the molecule is C=CCn1c(SCc2ccccc2C#N)nc2sc3c(c2c1=O)CCC3. The lowest BCUT2D eigenvalue weighted by Gasteiger charge is -2.11. The van der Waals surface area contributed by atoms with E-state index in [9.17, 15) is 10.1 Å². The van der Waals surface area contributed by atoms with Crippen LogP contribution in [0.15, 0.2) is 46.9 Å². The van der Waals surface area contributed by atoms with Crippen molar-refractivity contribution in [3.8, 4) is 6.07 Å². The molecule has 0 unspecified atom stereocenters. The molecular formula is C20H17N3OS2. The Morgan fingerprint density at radius 2 is 2.23 bits per heavy atom. The van der Waals surface area contributed by atoms with Gasteiger partial charge in [0.25, 0.3) is 5.56 Å². The minimum atomic E-state index is 0.0327. The Balaban J connectivity index is 1.77. The molecule has 0 atom stereocenters. The van der Waals surface area contributed by atoms with Crippen LogP contribution in [0.1, 0.15) is 28.0 Å². The van der Waals surface area contributed by atoms with E-state index in [-0.39, 0.29) is 5.56 Å². The van der Waals surface area contributed by atoms with E-state index in [4.69, 9.17) is 4.98 Å². The van der Waals surface area contributed by atoms with E-state index in [2.05, 4.69) is 12.6 Å². The molecule has 1 aliphatic rings. The summed E-state index contributed by atoms with van der Waals surface area (Å²) in [5.41, 5.74) is 2.85. The second kappa shape index (κ2) is 7.10. The minimum absolute atomic E-state index is 0.0327. The summed E-state index contributed by atoms with van der Waals surface area (Å²) in [6.07, 6.45) is 4.88. The highest BCUT2D eigenvalue weighted by Gasteiger charge is 2.23. The maximum absolute atomic E-state index is 13.1. The molecule has 1 aliphatic carbocycles. The van der Waals surface area contributed by atoms with Gasteiger partial charge >= 0.3 is 0 Å². The highest BCUT2D eigenvalue weighted by atomic mass is 32.2. The normalized spacial score (nSPS) is 12.9. The summed E-state index contributed by atoms with van der Waals surface area (Å²) in [4.78, 5) is 20.1. The van der Waals surface area contributed by atoms with Crippen molar-refractivity contribution >= 4 is 33.3 Å². The van der Waals surface area contributed by atoms with Crippen LogP contribution in [-0.4, -0.2) is 9.55 Å². The van der Waals surface area contributed by atoms with Crippen LogP contribution in [-0.2, 0) is 25.1 Å². The number of aromatic nitrogens is 2. The van der Waals surface area contributed by atoms with Gasteiger partial charge in [0.2, 0.25) is 0 Å². The van der Waals surface area contributed by atoms with Crippen molar-refractivity contribution in [3.63, 3.8) is 0 Å². The fraction of sp³-hybridized carbons (Fsp3) is 0.250. The van der Waals surface area contributed by atoms with Gasteiger partial charge in [-0.3, -0.25) is 9.36 Å². The molecule has 0 saturated carbocycles. The number of nitrogens with zero attached hydrogens (tertiary/aromatic N) is 3. The van der Waals surface area contributed by atoms with E-state index in [0.29, 0.717) is 23.0 Å². The molecule has 0 aliphatic heterocycles. The Labute approximate surface area is 159 Å². The third-order valence-electron chi connectivity index (χ3n) is 4.60. The van der Waals surface area contributed by atoms with Gasteiger partial charge in [-0.1, -0.05) is 36.0 Å². The fourth-order valence-corrected chi connectivity index (χ4v) is 5.67. The van der Waals surface area contributed by atoms with Crippen molar-refractivity contribution < 1.29 is 0 Å². The molecule has 6 heteroatoms. The molecular weight excluding hydrogens is 362 g/mol. The molecule has 0 fully saturated rings. The maximum atomic E-state index is 13.1. The molecule has 0 spiro atoms. The van der Waals surface area contributed by atoms with Gasteiger partial charge in [-0.25, -0.2) is 4.98 Å². The Morgan fingerprint density at radius 3 is 3.04 bits per heavy atom. The number of hydrogen-bond acceptors (Lipinski definition) is 5. The summed E-state index contributed by atoms with van der Waals surface area (Å²) in [7, 11) is 0. The number of nitriles is 1. The minimum Gasteiger partial charge on any atom is -0.283 e. The number of thioether (sulfide) groups is 1. The van der Waals surface area contributed by atoms with Crippen molar-refractivity contribution in [2.45, 2.75) is 36.7 Å². The molecule has 0 N–H and O–H groups in total. The van der Waals surface area contributed by atoms with E-state index >= 15 is 0 Å². The van der Waals surface area contributed by atoms with Gasteiger partial charge in [-0.2, -0.15) is 5.26 Å². The van der Waals surface area contributed by atoms with Crippen LogP contribution in [0.2, 0.25) is 0 Å². The molecule has 130 valence electrons. The first kappa shape index (κ1) is 17.1.